The van der Waals surface area contributed by atoms with Gasteiger partial charge < -0.3 is 29.0 Å². The Morgan fingerprint density at radius 1 is 1.31 bits per heavy atom. The van der Waals surface area contributed by atoms with Gasteiger partial charge in [0.2, 0.25) is 6.79 Å². The van der Waals surface area contributed by atoms with Crippen molar-refractivity contribution in [1.82, 2.24) is 10.3 Å². The first-order valence-corrected chi connectivity index (χ1v) is 10.8. The normalized spacial score (nSPS) is 21.4. The van der Waals surface area contributed by atoms with Crippen LogP contribution in [0.4, 0.5) is 0 Å². The fourth-order valence-electron chi connectivity index (χ4n) is 3.34. The van der Waals surface area contributed by atoms with Gasteiger partial charge in [-0.15, -0.1) is 0 Å². The lowest BCUT2D eigenvalue weighted by Gasteiger charge is -2.21. The zero-order valence-electron chi connectivity index (χ0n) is 19.0. The molecule has 32 heavy (non-hydrogen) atoms. The van der Waals surface area contributed by atoms with Crippen LogP contribution in [0.25, 0.3) is 0 Å². The number of nitrogens with zero attached hydrogens (tertiary/aromatic N) is 1. The van der Waals surface area contributed by atoms with Gasteiger partial charge in [-0.05, 0) is 32.6 Å². The number of ether oxygens (including phenoxy) is 5. The van der Waals surface area contributed by atoms with E-state index < -0.39 is 30.7 Å². The molecule has 2 unspecified atom stereocenters. The number of hydrogen-bond donors (Lipinski definition) is 1. The molecule has 1 amide bonds. The number of hydrogen-bond acceptors (Lipinski definition) is 9. The van der Waals surface area contributed by atoms with Crippen LogP contribution in [0.15, 0.2) is 12.3 Å². The molecule has 1 aromatic rings. The lowest BCUT2D eigenvalue weighted by molar-refractivity contribution is -0.152. The molecule has 1 N–H and O–H groups in total. The molecular weight excluding hydrogens is 420 g/mol. The molecular formula is C22H32N2O8. The van der Waals surface area contributed by atoms with Crippen molar-refractivity contribution in [2.24, 2.45) is 0 Å². The molecule has 10 heteroatoms. The summed E-state index contributed by atoms with van der Waals surface area (Å²) >= 11 is 0. The second-order valence-corrected chi connectivity index (χ2v) is 7.52. The number of cyclic esters (lactones) is 1. The maximum atomic E-state index is 13.0. The minimum Gasteiger partial charge on any atom is -0.493 e. The summed E-state index contributed by atoms with van der Waals surface area (Å²) in [6.07, 6.45) is 4.43. The van der Waals surface area contributed by atoms with Gasteiger partial charge in [-0.3, -0.25) is 9.59 Å². The van der Waals surface area contributed by atoms with E-state index in [2.05, 4.69) is 10.3 Å². The maximum Gasteiger partial charge on any atom is 0.328 e. The molecule has 0 saturated carbocycles. The predicted octanol–water partition coefficient (Wildman–Crippen LogP) is 2.39. The molecule has 178 valence electrons. The van der Waals surface area contributed by atoms with Crippen molar-refractivity contribution in [3.05, 3.63) is 18.0 Å². The van der Waals surface area contributed by atoms with Crippen LogP contribution >= 0.6 is 0 Å². The first-order valence-electron chi connectivity index (χ1n) is 10.8. The summed E-state index contributed by atoms with van der Waals surface area (Å²) in [5.41, 5.74) is -0.0959. The second-order valence-electron chi connectivity index (χ2n) is 7.52. The number of carbonyl (C=O) groups excluding carboxylic acids is 3. The highest BCUT2D eigenvalue weighted by molar-refractivity contribution is 5.98. The summed E-state index contributed by atoms with van der Waals surface area (Å²) in [5.74, 6) is -1.44. The molecule has 0 spiro atoms. The second kappa shape index (κ2) is 12.8. The van der Waals surface area contributed by atoms with E-state index in [0.29, 0.717) is 25.9 Å². The summed E-state index contributed by atoms with van der Waals surface area (Å²) in [6, 6.07) is 0.663. The van der Waals surface area contributed by atoms with Gasteiger partial charge in [0.15, 0.2) is 17.2 Å². The van der Waals surface area contributed by atoms with Gasteiger partial charge in [-0.25, -0.2) is 9.78 Å². The lowest BCUT2D eigenvalue weighted by atomic mass is 10.0. The Hall–Kier alpha value is -2.88. The largest absolute Gasteiger partial charge is 0.493 e. The molecule has 1 aromatic heterocycles. The smallest absolute Gasteiger partial charge is 0.328 e. The van der Waals surface area contributed by atoms with Gasteiger partial charge in [-0.2, -0.15) is 0 Å². The van der Waals surface area contributed by atoms with Crippen molar-refractivity contribution in [3.63, 3.8) is 0 Å². The Morgan fingerprint density at radius 2 is 2.09 bits per heavy atom. The summed E-state index contributed by atoms with van der Waals surface area (Å²) < 4.78 is 26.8. The maximum absolute atomic E-state index is 13.0. The highest BCUT2D eigenvalue weighted by Gasteiger charge is 2.30. The van der Waals surface area contributed by atoms with Gasteiger partial charge >= 0.3 is 11.9 Å². The Morgan fingerprint density at radius 3 is 2.78 bits per heavy atom. The third-order valence-electron chi connectivity index (χ3n) is 4.85. The van der Waals surface area contributed by atoms with E-state index in [9.17, 15) is 14.4 Å². The first-order chi connectivity index (χ1) is 15.3. The molecule has 1 aliphatic heterocycles. The number of methoxy groups -OCH3 is 1. The van der Waals surface area contributed by atoms with Crippen LogP contribution in [-0.2, 0) is 23.8 Å². The molecule has 0 radical (unpaired) electrons. The Labute approximate surface area is 187 Å². The molecule has 2 heterocycles. The molecule has 1 fully saturated rings. The van der Waals surface area contributed by atoms with Crippen molar-refractivity contribution in [2.45, 2.75) is 71.1 Å². The summed E-state index contributed by atoms with van der Waals surface area (Å²) in [7, 11) is 1.41. The van der Waals surface area contributed by atoms with E-state index in [0.717, 1.165) is 12.8 Å². The SMILES string of the molecule is CCCOC1CCC[C@H](NC(=O)c2nccc(OC)c2OCOC(C)=O)C(=O)OC(C)C1. The Bertz CT molecular complexity index is 785. The standard InChI is InChI=1S/C22H32N2O8/c1-5-11-29-16-7-6-8-17(22(27)32-14(2)12-16)24-21(26)19-20(31-13-30-15(3)25)18(28-4)9-10-23-19/h9-10,14,16-17H,5-8,11-13H2,1-4H3,(H,24,26)/t14?,16?,17-/m0/s1. The fourth-order valence-corrected chi connectivity index (χ4v) is 3.34. The molecule has 0 aliphatic carbocycles. The van der Waals surface area contributed by atoms with Gasteiger partial charge in [0.25, 0.3) is 5.91 Å². The summed E-state index contributed by atoms with van der Waals surface area (Å²) in [6.45, 7) is 5.33. The fraction of sp³-hybridized carbons (Fsp3) is 0.636. The third-order valence-corrected chi connectivity index (χ3v) is 4.85. The Balaban J connectivity index is 2.12. The van der Waals surface area contributed by atoms with Crippen molar-refractivity contribution in [3.8, 4) is 11.5 Å². The van der Waals surface area contributed by atoms with E-state index in [-0.39, 0.29) is 29.4 Å². The Kier molecular flexibility index (Phi) is 10.2. The zero-order valence-corrected chi connectivity index (χ0v) is 19.0. The molecule has 0 aromatic carbocycles. The highest BCUT2D eigenvalue weighted by atomic mass is 16.7. The van der Waals surface area contributed by atoms with Crippen LogP contribution < -0.4 is 14.8 Å². The number of esters is 2. The third kappa shape index (κ3) is 7.67. The zero-order chi connectivity index (χ0) is 23.5. The van der Waals surface area contributed by atoms with Crippen LogP contribution in [0.5, 0.6) is 11.5 Å². The number of carbonyl (C=O) groups is 3. The van der Waals surface area contributed by atoms with E-state index in [1.165, 1.54) is 26.3 Å². The summed E-state index contributed by atoms with van der Waals surface area (Å²) in [5, 5.41) is 2.69. The number of pyridine rings is 1. The number of rotatable bonds is 9. The molecule has 2 rings (SSSR count). The van der Waals surface area contributed by atoms with E-state index in [4.69, 9.17) is 23.7 Å². The van der Waals surface area contributed by atoms with Crippen molar-refractivity contribution < 1.29 is 38.1 Å². The molecule has 0 bridgehead atoms. The monoisotopic (exact) mass is 452 g/mol. The number of nitrogens with one attached hydrogen (secondary N) is 1. The van der Waals surface area contributed by atoms with Crippen LogP contribution in [0.1, 0.15) is 63.4 Å². The average molecular weight is 453 g/mol. The van der Waals surface area contributed by atoms with Crippen LogP contribution in [0.3, 0.4) is 0 Å². The van der Waals surface area contributed by atoms with E-state index >= 15 is 0 Å². The van der Waals surface area contributed by atoms with Crippen LogP contribution in [0, 0.1) is 0 Å². The molecule has 1 aliphatic rings. The van der Waals surface area contributed by atoms with Crippen LogP contribution in [-0.4, -0.2) is 61.6 Å². The number of amides is 1. The van der Waals surface area contributed by atoms with Crippen molar-refractivity contribution in [2.75, 3.05) is 20.5 Å². The minimum atomic E-state index is -0.843. The first kappa shape index (κ1) is 25.4. The average Bonchev–Trinajstić information content (AvgIpc) is 2.81. The van der Waals surface area contributed by atoms with Gasteiger partial charge in [0.05, 0.1) is 13.2 Å². The van der Waals surface area contributed by atoms with Gasteiger partial charge in [-0.1, -0.05) is 6.92 Å². The summed E-state index contributed by atoms with van der Waals surface area (Å²) in [4.78, 5) is 40.7. The highest BCUT2D eigenvalue weighted by Crippen LogP contribution is 2.30. The van der Waals surface area contributed by atoms with Crippen molar-refractivity contribution in [1.29, 1.82) is 0 Å². The van der Waals surface area contributed by atoms with Gasteiger partial charge in [0.1, 0.15) is 12.1 Å². The lowest BCUT2D eigenvalue weighted by Crippen LogP contribution is -2.43. The minimum absolute atomic E-state index is 0.00609. The van der Waals surface area contributed by atoms with Crippen LogP contribution in [0.2, 0.25) is 0 Å². The van der Waals surface area contributed by atoms with Crippen molar-refractivity contribution >= 4 is 17.8 Å². The molecule has 3 atom stereocenters. The van der Waals surface area contributed by atoms with E-state index in [1.54, 1.807) is 0 Å². The van der Waals surface area contributed by atoms with E-state index in [1.807, 2.05) is 13.8 Å². The number of aromatic nitrogens is 1. The quantitative estimate of drug-likeness (QED) is 0.444. The van der Waals surface area contributed by atoms with Gasteiger partial charge in [0, 0.05) is 32.2 Å². The molecule has 1 saturated heterocycles. The predicted molar refractivity (Wildman–Crippen MR) is 113 cm³/mol. The molecule has 10 nitrogen and oxygen atoms in total. The topological polar surface area (TPSA) is 122 Å².